The van der Waals surface area contributed by atoms with Gasteiger partial charge in [0.1, 0.15) is 6.04 Å². The van der Waals surface area contributed by atoms with Gasteiger partial charge in [0.05, 0.1) is 6.42 Å². The Morgan fingerprint density at radius 3 is 2.36 bits per heavy atom. The quantitative estimate of drug-likeness (QED) is 0.664. The second-order valence-electron chi connectivity index (χ2n) is 7.43. The Hall–Kier alpha value is -2.62. The van der Waals surface area contributed by atoms with Gasteiger partial charge in [0, 0.05) is 13.1 Å². The summed E-state index contributed by atoms with van der Waals surface area (Å²) in [6, 6.07) is 15.5. The van der Waals surface area contributed by atoms with Crippen molar-refractivity contribution >= 4 is 11.8 Å². The van der Waals surface area contributed by atoms with Crippen molar-refractivity contribution in [2.45, 2.75) is 59.5 Å². The zero-order chi connectivity index (χ0) is 20.5. The molecule has 0 fully saturated rings. The van der Waals surface area contributed by atoms with Gasteiger partial charge in [-0.2, -0.15) is 0 Å². The van der Waals surface area contributed by atoms with Crippen LogP contribution in [0.4, 0.5) is 0 Å². The molecule has 1 N–H and O–H groups in total. The maximum atomic E-state index is 13.1. The van der Waals surface area contributed by atoms with Crippen molar-refractivity contribution in [1.82, 2.24) is 10.2 Å². The molecule has 0 radical (unpaired) electrons. The maximum Gasteiger partial charge on any atom is 0.242 e. The first kappa shape index (κ1) is 21.7. The first-order valence-corrected chi connectivity index (χ1v) is 10.1. The van der Waals surface area contributed by atoms with Crippen LogP contribution >= 0.6 is 0 Å². The molecule has 0 aliphatic rings. The molecule has 0 heterocycles. The van der Waals surface area contributed by atoms with E-state index < -0.39 is 6.04 Å². The van der Waals surface area contributed by atoms with E-state index in [4.69, 9.17) is 0 Å². The van der Waals surface area contributed by atoms with E-state index in [1.165, 1.54) is 0 Å². The summed E-state index contributed by atoms with van der Waals surface area (Å²) in [6.45, 7) is 9.03. The Bertz CT molecular complexity index is 783. The minimum absolute atomic E-state index is 0.0368. The number of benzene rings is 2. The van der Waals surface area contributed by atoms with E-state index in [1.807, 2.05) is 69.3 Å². The van der Waals surface area contributed by atoms with Gasteiger partial charge in [0.25, 0.3) is 0 Å². The lowest BCUT2D eigenvalue weighted by Crippen LogP contribution is -2.48. The molecule has 1 unspecified atom stereocenters. The van der Waals surface area contributed by atoms with Crippen molar-refractivity contribution in [3.8, 4) is 0 Å². The number of amides is 2. The van der Waals surface area contributed by atoms with E-state index in [-0.39, 0.29) is 11.8 Å². The molecule has 2 aromatic rings. The van der Waals surface area contributed by atoms with Crippen LogP contribution in [0.25, 0.3) is 0 Å². The van der Waals surface area contributed by atoms with Gasteiger partial charge in [-0.3, -0.25) is 9.59 Å². The number of hydrogen-bond acceptors (Lipinski definition) is 2. The molecule has 2 rings (SSSR count). The molecule has 0 bridgehead atoms. The van der Waals surface area contributed by atoms with Gasteiger partial charge in [-0.1, -0.05) is 67.4 Å². The lowest BCUT2D eigenvalue weighted by Gasteiger charge is -2.29. The smallest absolute Gasteiger partial charge is 0.242 e. The number of rotatable bonds is 9. The minimum atomic E-state index is -0.519. The monoisotopic (exact) mass is 380 g/mol. The highest BCUT2D eigenvalue weighted by Gasteiger charge is 2.26. The fraction of sp³-hybridized carbons (Fsp3) is 0.417. The second kappa shape index (κ2) is 10.6. The molecule has 1 atom stereocenters. The van der Waals surface area contributed by atoms with Crippen LogP contribution in [0.2, 0.25) is 0 Å². The minimum Gasteiger partial charge on any atom is -0.354 e. The topological polar surface area (TPSA) is 49.4 Å². The Labute approximate surface area is 169 Å². The van der Waals surface area contributed by atoms with Crippen LogP contribution in [-0.2, 0) is 22.6 Å². The van der Waals surface area contributed by atoms with Crippen molar-refractivity contribution in [3.63, 3.8) is 0 Å². The Morgan fingerprint density at radius 1 is 1.04 bits per heavy atom. The van der Waals surface area contributed by atoms with Crippen LogP contribution in [-0.4, -0.2) is 29.3 Å². The van der Waals surface area contributed by atoms with E-state index in [0.717, 1.165) is 35.1 Å². The van der Waals surface area contributed by atoms with Gasteiger partial charge in [-0.25, -0.2) is 0 Å². The van der Waals surface area contributed by atoms with Crippen LogP contribution in [0.5, 0.6) is 0 Å². The predicted molar refractivity (Wildman–Crippen MR) is 114 cm³/mol. The van der Waals surface area contributed by atoms with Crippen molar-refractivity contribution in [3.05, 3.63) is 70.8 Å². The summed E-state index contributed by atoms with van der Waals surface area (Å²) in [5.74, 6) is -0.135. The summed E-state index contributed by atoms with van der Waals surface area (Å²) in [5, 5.41) is 2.96. The number of nitrogens with zero attached hydrogens (tertiary/aromatic N) is 1. The van der Waals surface area contributed by atoms with Crippen LogP contribution in [0.1, 0.15) is 48.9 Å². The fourth-order valence-electron chi connectivity index (χ4n) is 3.07. The van der Waals surface area contributed by atoms with Crippen molar-refractivity contribution in [2.24, 2.45) is 0 Å². The number of unbranched alkanes of at least 4 members (excludes halogenated alkanes) is 1. The highest BCUT2D eigenvalue weighted by molar-refractivity contribution is 5.88. The van der Waals surface area contributed by atoms with Crippen LogP contribution in [0.15, 0.2) is 48.5 Å². The highest BCUT2D eigenvalue weighted by Crippen LogP contribution is 2.15. The first-order chi connectivity index (χ1) is 13.4. The average molecular weight is 381 g/mol. The summed E-state index contributed by atoms with van der Waals surface area (Å²) >= 11 is 0. The molecule has 0 saturated heterocycles. The zero-order valence-corrected chi connectivity index (χ0v) is 17.5. The van der Waals surface area contributed by atoms with E-state index >= 15 is 0 Å². The van der Waals surface area contributed by atoms with Crippen molar-refractivity contribution in [1.29, 1.82) is 0 Å². The molecule has 28 heavy (non-hydrogen) atoms. The second-order valence-corrected chi connectivity index (χ2v) is 7.43. The average Bonchev–Trinajstić information content (AvgIpc) is 2.68. The Morgan fingerprint density at radius 2 is 1.71 bits per heavy atom. The Balaban J connectivity index is 2.19. The molecule has 4 heteroatoms. The van der Waals surface area contributed by atoms with Crippen LogP contribution in [0, 0.1) is 13.8 Å². The SMILES string of the molecule is CCCCNC(=O)C(C)N(Cc1ccccc1C)C(=O)Cc1ccc(C)cc1. The highest BCUT2D eigenvalue weighted by atomic mass is 16.2. The molecule has 0 spiro atoms. The summed E-state index contributed by atoms with van der Waals surface area (Å²) in [7, 11) is 0. The molecule has 0 saturated carbocycles. The zero-order valence-electron chi connectivity index (χ0n) is 17.5. The molecule has 2 amide bonds. The normalized spacial score (nSPS) is 11.7. The molecule has 0 aliphatic carbocycles. The molecule has 2 aromatic carbocycles. The Kier molecular flexibility index (Phi) is 8.24. The van der Waals surface area contributed by atoms with Crippen molar-refractivity contribution in [2.75, 3.05) is 6.54 Å². The number of aryl methyl sites for hydroxylation is 2. The number of carbonyl (C=O) groups is 2. The maximum absolute atomic E-state index is 13.1. The van der Waals surface area contributed by atoms with Crippen molar-refractivity contribution < 1.29 is 9.59 Å². The lowest BCUT2D eigenvalue weighted by atomic mass is 10.1. The van der Waals surface area contributed by atoms with Gasteiger partial charge in [0.15, 0.2) is 0 Å². The standard InChI is InChI=1S/C24H32N2O2/c1-5-6-15-25-24(28)20(4)26(17-22-10-8-7-9-19(22)3)23(27)16-21-13-11-18(2)12-14-21/h7-14,20H,5-6,15-17H2,1-4H3,(H,25,28). The number of nitrogens with one attached hydrogen (secondary N) is 1. The van der Waals surface area contributed by atoms with Gasteiger partial charge < -0.3 is 10.2 Å². The lowest BCUT2D eigenvalue weighted by molar-refractivity contribution is -0.140. The predicted octanol–water partition coefficient (Wildman–Crippen LogP) is 4.18. The third kappa shape index (κ3) is 6.22. The summed E-state index contributed by atoms with van der Waals surface area (Å²) in [4.78, 5) is 27.5. The van der Waals surface area contributed by atoms with Crippen LogP contribution < -0.4 is 5.32 Å². The van der Waals surface area contributed by atoms with E-state index in [0.29, 0.717) is 19.5 Å². The van der Waals surface area contributed by atoms with Gasteiger partial charge >= 0.3 is 0 Å². The largest absolute Gasteiger partial charge is 0.354 e. The summed E-state index contributed by atoms with van der Waals surface area (Å²) in [5.41, 5.74) is 4.31. The third-order valence-corrected chi connectivity index (χ3v) is 5.07. The van der Waals surface area contributed by atoms with E-state index in [9.17, 15) is 9.59 Å². The first-order valence-electron chi connectivity index (χ1n) is 10.1. The molecule has 0 aliphatic heterocycles. The van der Waals surface area contributed by atoms with Gasteiger partial charge in [-0.05, 0) is 43.9 Å². The number of hydrogen-bond donors (Lipinski definition) is 1. The van der Waals surface area contributed by atoms with Crippen LogP contribution in [0.3, 0.4) is 0 Å². The van der Waals surface area contributed by atoms with Gasteiger partial charge in [0.2, 0.25) is 11.8 Å². The fourth-order valence-corrected chi connectivity index (χ4v) is 3.07. The summed E-state index contributed by atoms with van der Waals surface area (Å²) in [6.07, 6.45) is 2.25. The molecule has 0 aromatic heterocycles. The molecular weight excluding hydrogens is 348 g/mol. The van der Waals surface area contributed by atoms with Gasteiger partial charge in [-0.15, -0.1) is 0 Å². The molecule has 4 nitrogen and oxygen atoms in total. The van der Waals surface area contributed by atoms with E-state index in [1.54, 1.807) is 4.90 Å². The third-order valence-electron chi connectivity index (χ3n) is 5.07. The molecular formula is C24H32N2O2. The van der Waals surface area contributed by atoms with E-state index in [2.05, 4.69) is 12.2 Å². The number of carbonyl (C=O) groups excluding carboxylic acids is 2. The summed E-state index contributed by atoms with van der Waals surface area (Å²) < 4.78 is 0. The molecule has 150 valence electrons.